The Bertz CT molecular complexity index is 15.5. The fourth-order valence-corrected chi connectivity index (χ4v) is 0. The summed E-state index contributed by atoms with van der Waals surface area (Å²) in [5, 5.41) is 7.00. The van der Waals surface area contributed by atoms with Crippen molar-refractivity contribution >= 4 is 17.7 Å². The maximum absolute atomic E-state index is 7.00. The van der Waals surface area contributed by atoms with E-state index in [1.54, 1.807) is 0 Å². The van der Waals surface area contributed by atoms with Crippen molar-refractivity contribution in [2.75, 3.05) is 7.11 Å². The molecule has 0 aliphatic rings. The minimum absolute atomic E-state index is 1.00. The van der Waals surface area contributed by atoms with Gasteiger partial charge in [0, 0.05) is 7.11 Å². The van der Waals surface area contributed by atoms with E-state index in [0.29, 0.717) is 0 Å². The molecule has 0 aliphatic heterocycles. The predicted octanol–water partition coefficient (Wildman–Crippen LogP) is 1.68. The summed E-state index contributed by atoms with van der Waals surface area (Å²) in [6.45, 7) is 0. The van der Waals surface area contributed by atoms with E-state index in [1.807, 2.05) is 0 Å². The summed E-state index contributed by atoms with van der Waals surface area (Å²) in [6.07, 6.45) is 0. The molecule has 0 atom stereocenters. The number of aliphatic hydroxyl groups excluding tert-OH is 1. The molecule has 1 N–H and O–H groups in total. The second kappa shape index (κ2) is 10.2. The molecular formula is CH4Cl3OSm. The Kier molecular flexibility index (Phi) is 18.8. The average molecular weight is 289 g/mol. The van der Waals surface area contributed by atoms with Crippen LogP contribution in [0.3, 0.4) is 0 Å². The second-order valence-electron chi connectivity index (χ2n) is 0.175. The van der Waals surface area contributed by atoms with Crippen LogP contribution in [-0.2, 0) is 0 Å². The van der Waals surface area contributed by atoms with Gasteiger partial charge in [0.2, 0.25) is 0 Å². The summed E-state index contributed by atoms with van der Waals surface area (Å²) in [7, 11) is 1.00. The van der Waals surface area contributed by atoms with E-state index in [1.165, 1.54) is 0 Å². The molecule has 0 heterocycles. The molecule has 0 fully saturated rings. The Hall–Kier alpha value is 2.17. The molecule has 0 bridgehead atoms. The molecule has 41 valence electrons. The molecule has 5 heteroatoms. The van der Waals surface area contributed by atoms with Gasteiger partial charge in [-0.25, -0.2) is 0 Å². The standard InChI is InChI=1S/CH4O.3ClH.Sm/c1-2;;;;/h2H,1H3;3*1H;/q;;;;+3/p-3. The van der Waals surface area contributed by atoms with Crippen molar-refractivity contribution in [3.05, 3.63) is 0 Å². The van der Waals surface area contributed by atoms with Crippen LogP contribution in [0.25, 0.3) is 0 Å². The molecule has 0 aromatic rings. The van der Waals surface area contributed by atoms with Crippen LogP contribution in [0.5, 0.6) is 0 Å². The van der Waals surface area contributed by atoms with Gasteiger partial charge in [-0.3, -0.25) is 0 Å². The number of aliphatic hydroxyl groups is 1. The van der Waals surface area contributed by atoms with Gasteiger partial charge < -0.3 is 5.11 Å². The van der Waals surface area contributed by atoms with Crippen molar-refractivity contribution in [3.63, 3.8) is 0 Å². The molecule has 0 aromatic carbocycles. The molecule has 0 rings (SSSR count). The van der Waals surface area contributed by atoms with Gasteiger partial charge in [0.1, 0.15) is 0 Å². The Labute approximate surface area is 58.2 Å². The van der Waals surface area contributed by atoms with Gasteiger partial charge in [0.15, 0.2) is 0 Å². The number of halogens is 3. The monoisotopic (exact) mass is 289 g/mol. The molecule has 0 amide bonds. The van der Waals surface area contributed by atoms with Crippen molar-refractivity contribution in [2.45, 2.75) is 0 Å². The zero-order chi connectivity index (χ0) is 5.58. The Balaban J connectivity index is 0. The summed E-state index contributed by atoms with van der Waals surface area (Å²) in [4.78, 5) is 0. The fraction of sp³-hybridized carbons (Fsp3) is 1.00. The van der Waals surface area contributed by atoms with E-state index in [0.717, 1.165) is 7.11 Å². The predicted molar refractivity (Wildman–Crippen MR) is 25.7 cm³/mol. The van der Waals surface area contributed by atoms with Crippen LogP contribution in [0.2, 0.25) is 0 Å². The minimum atomic E-state index is -2.11. The van der Waals surface area contributed by atoms with Gasteiger partial charge in [0.05, 0.1) is 0 Å². The van der Waals surface area contributed by atoms with Gasteiger partial charge in [-0.15, -0.1) is 0 Å². The van der Waals surface area contributed by atoms with Crippen LogP contribution >= 0.6 is 17.7 Å². The van der Waals surface area contributed by atoms with E-state index < -0.39 is 29.6 Å². The van der Waals surface area contributed by atoms with Crippen molar-refractivity contribution in [1.82, 2.24) is 0 Å². The van der Waals surface area contributed by atoms with E-state index in [-0.39, 0.29) is 0 Å². The van der Waals surface area contributed by atoms with Crippen LogP contribution < -0.4 is 0 Å². The molecule has 0 saturated carbocycles. The molecular weight excluding hydrogens is 285 g/mol. The van der Waals surface area contributed by atoms with Gasteiger partial charge in [0.25, 0.3) is 0 Å². The maximum atomic E-state index is 7.00. The van der Waals surface area contributed by atoms with E-state index in [4.69, 9.17) is 22.8 Å². The summed E-state index contributed by atoms with van der Waals surface area (Å²) >= 11 is -2.11. The molecule has 0 radical (unpaired) electrons. The normalized spacial score (nSPS) is 7.00. The summed E-state index contributed by atoms with van der Waals surface area (Å²) in [6, 6.07) is 0. The number of hydrogen-bond acceptors (Lipinski definition) is 1. The first-order valence-corrected chi connectivity index (χ1v) is 10.7. The first-order valence-electron chi connectivity index (χ1n) is 0.910. The zero-order valence-corrected chi connectivity index (χ0v) is 7.88. The van der Waals surface area contributed by atoms with Crippen LogP contribution in [0.15, 0.2) is 0 Å². The molecule has 0 spiro atoms. The van der Waals surface area contributed by atoms with Crippen molar-refractivity contribution in [2.24, 2.45) is 0 Å². The van der Waals surface area contributed by atoms with E-state index in [2.05, 4.69) is 0 Å². The van der Waals surface area contributed by atoms with Crippen LogP contribution in [0, 0.1) is 29.6 Å². The van der Waals surface area contributed by atoms with E-state index in [9.17, 15) is 0 Å². The quantitative estimate of drug-likeness (QED) is 0.719. The molecule has 0 aromatic heterocycles. The van der Waals surface area contributed by atoms with Crippen molar-refractivity contribution in [3.8, 4) is 0 Å². The first-order chi connectivity index (χ1) is 2.73. The summed E-state index contributed by atoms with van der Waals surface area (Å²) < 4.78 is 0. The second-order valence-corrected chi connectivity index (χ2v) is 11.7. The average Bonchev–Trinajstić information content (AvgIpc) is 1.41. The Morgan fingerprint density at radius 3 is 1.17 bits per heavy atom. The Morgan fingerprint density at radius 1 is 1.17 bits per heavy atom. The number of hydrogen-bond donors (Lipinski definition) is 1. The van der Waals surface area contributed by atoms with E-state index >= 15 is 0 Å². The van der Waals surface area contributed by atoms with Crippen LogP contribution in [0.4, 0.5) is 0 Å². The fourth-order valence-electron chi connectivity index (χ4n) is 0. The van der Waals surface area contributed by atoms with Gasteiger partial charge in [-0.1, -0.05) is 0 Å². The number of rotatable bonds is 0. The van der Waals surface area contributed by atoms with Gasteiger partial charge in [-0.05, 0) is 0 Å². The third-order valence-corrected chi connectivity index (χ3v) is 0. The zero-order valence-electron chi connectivity index (χ0n) is 2.99. The van der Waals surface area contributed by atoms with Crippen LogP contribution in [0.1, 0.15) is 0 Å². The van der Waals surface area contributed by atoms with Gasteiger partial charge in [-0.2, -0.15) is 0 Å². The van der Waals surface area contributed by atoms with Crippen molar-refractivity contribution < 1.29 is 34.7 Å². The summed E-state index contributed by atoms with van der Waals surface area (Å²) in [5.41, 5.74) is 0. The molecule has 0 saturated heterocycles. The molecule has 0 unspecified atom stereocenters. The molecule has 1 nitrogen and oxygen atoms in total. The summed E-state index contributed by atoms with van der Waals surface area (Å²) in [5.74, 6) is 15.0. The Morgan fingerprint density at radius 2 is 1.17 bits per heavy atom. The third-order valence-electron chi connectivity index (χ3n) is 0. The topological polar surface area (TPSA) is 20.2 Å². The van der Waals surface area contributed by atoms with Crippen LogP contribution in [-0.4, -0.2) is 12.2 Å². The van der Waals surface area contributed by atoms with Crippen molar-refractivity contribution in [1.29, 1.82) is 0 Å². The third kappa shape index (κ3) is 35.1. The SMILES string of the molecule is CO.[Cl][Sm]([Cl])[Cl]. The van der Waals surface area contributed by atoms with Gasteiger partial charge >= 0.3 is 47.2 Å². The molecule has 0 aliphatic carbocycles. The molecule has 6 heavy (non-hydrogen) atoms. The first kappa shape index (κ1) is 11.0.